The average molecular weight is 316 g/mol. The molecule has 2 aromatic carbocycles. The van der Waals surface area contributed by atoms with Gasteiger partial charge in [-0.15, -0.1) is 0 Å². The maximum absolute atomic E-state index is 14.3. The van der Waals surface area contributed by atoms with E-state index >= 15 is 0 Å². The second-order valence-electron chi connectivity index (χ2n) is 5.73. The summed E-state index contributed by atoms with van der Waals surface area (Å²) in [6.45, 7) is 3.89. The molecular formula is C18H18F2N2O. The van der Waals surface area contributed by atoms with E-state index < -0.39 is 17.8 Å². The third kappa shape index (κ3) is 2.67. The molecule has 1 heterocycles. The Morgan fingerprint density at radius 2 is 1.96 bits per heavy atom. The number of benzene rings is 2. The number of carbonyl (C=O) groups excluding carboxylic acids is 1. The third-order valence-corrected chi connectivity index (χ3v) is 4.29. The number of amides is 1. The first-order valence-electron chi connectivity index (χ1n) is 7.66. The minimum atomic E-state index is -0.664. The summed E-state index contributed by atoms with van der Waals surface area (Å²) in [5.74, 6) is -1.45. The Bertz CT molecular complexity index is 748. The van der Waals surface area contributed by atoms with E-state index in [4.69, 9.17) is 0 Å². The van der Waals surface area contributed by atoms with Crippen molar-refractivity contribution in [2.45, 2.75) is 32.5 Å². The van der Waals surface area contributed by atoms with Crippen molar-refractivity contribution in [1.82, 2.24) is 4.90 Å². The van der Waals surface area contributed by atoms with Crippen LogP contribution in [0.25, 0.3) is 0 Å². The Kier molecular flexibility index (Phi) is 4.03. The summed E-state index contributed by atoms with van der Waals surface area (Å²) in [7, 11) is 0. The molecule has 2 atom stereocenters. The smallest absolute Gasteiger partial charge is 0.258 e. The van der Waals surface area contributed by atoms with Gasteiger partial charge in [-0.3, -0.25) is 4.79 Å². The molecule has 1 aliphatic heterocycles. The van der Waals surface area contributed by atoms with Gasteiger partial charge in [0.1, 0.15) is 17.8 Å². The molecule has 5 heteroatoms. The molecule has 1 N–H and O–H groups in total. The minimum absolute atomic E-state index is 0.0854. The molecule has 0 saturated carbocycles. The second-order valence-corrected chi connectivity index (χ2v) is 5.73. The highest BCUT2D eigenvalue weighted by atomic mass is 19.1. The number of anilines is 1. The normalized spacial score (nSPS) is 18.3. The van der Waals surface area contributed by atoms with E-state index in [0.717, 1.165) is 12.5 Å². The fourth-order valence-corrected chi connectivity index (χ4v) is 2.87. The van der Waals surface area contributed by atoms with Crippen LogP contribution in [0.2, 0.25) is 0 Å². The first kappa shape index (κ1) is 15.5. The maximum atomic E-state index is 14.3. The van der Waals surface area contributed by atoms with Crippen LogP contribution < -0.4 is 5.32 Å². The molecule has 0 bridgehead atoms. The van der Waals surface area contributed by atoms with E-state index in [1.54, 1.807) is 23.1 Å². The maximum Gasteiger partial charge on any atom is 0.258 e. The van der Waals surface area contributed by atoms with Crippen molar-refractivity contribution in [3.05, 3.63) is 65.2 Å². The number of carbonyl (C=O) groups is 1. The first-order valence-corrected chi connectivity index (χ1v) is 7.66. The summed E-state index contributed by atoms with van der Waals surface area (Å²) in [5.41, 5.74) is 1.48. The van der Waals surface area contributed by atoms with Gasteiger partial charge in [0.25, 0.3) is 5.91 Å². The fraction of sp³-hybridized carbons (Fsp3) is 0.278. The number of fused-ring (bicyclic) bond motifs is 1. The van der Waals surface area contributed by atoms with E-state index in [-0.39, 0.29) is 17.5 Å². The molecule has 0 saturated heterocycles. The summed E-state index contributed by atoms with van der Waals surface area (Å²) >= 11 is 0. The zero-order valence-corrected chi connectivity index (χ0v) is 13.0. The fourth-order valence-electron chi connectivity index (χ4n) is 2.87. The lowest BCUT2D eigenvalue weighted by atomic mass is 10.0. The lowest BCUT2D eigenvalue weighted by Gasteiger charge is -2.41. The Balaban J connectivity index is 2.11. The number of nitrogens with zero attached hydrogens (tertiary/aromatic N) is 1. The molecule has 3 nitrogen and oxygen atoms in total. The topological polar surface area (TPSA) is 32.3 Å². The van der Waals surface area contributed by atoms with Gasteiger partial charge >= 0.3 is 0 Å². The van der Waals surface area contributed by atoms with Gasteiger partial charge in [-0.25, -0.2) is 8.78 Å². The minimum Gasteiger partial charge on any atom is -0.361 e. The van der Waals surface area contributed by atoms with Gasteiger partial charge in [0.2, 0.25) is 0 Å². The lowest BCUT2D eigenvalue weighted by molar-refractivity contribution is 0.0590. The summed E-state index contributed by atoms with van der Waals surface area (Å²) in [6.07, 6.45) is 0.0717. The van der Waals surface area contributed by atoms with Crippen LogP contribution in [0.4, 0.5) is 14.5 Å². The van der Waals surface area contributed by atoms with Crippen molar-refractivity contribution in [1.29, 1.82) is 0 Å². The largest absolute Gasteiger partial charge is 0.361 e. The van der Waals surface area contributed by atoms with E-state index in [9.17, 15) is 13.6 Å². The average Bonchev–Trinajstić information content (AvgIpc) is 2.54. The van der Waals surface area contributed by atoms with Crippen LogP contribution in [-0.2, 0) is 0 Å². The van der Waals surface area contributed by atoms with Gasteiger partial charge in [0.15, 0.2) is 0 Å². The Morgan fingerprint density at radius 1 is 1.22 bits per heavy atom. The molecule has 0 fully saturated rings. The van der Waals surface area contributed by atoms with E-state index in [1.807, 2.05) is 19.9 Å². The van der Waals surface area contributed by atoms with E-state index in [0.29, 0.717) is 11.3 Å². The van der Waals surface area contributed by atoms with Crippen LogP contribution in [0.15, 0.2) is 42.5 Å². The number of para-hydroxylation sites is 1. The SMILES string of the molecule is CC[C@H](C)N1C(=O)c2ccccc2N[C@H]1c1ccc(F)cc1F. The molecule has 0 spiro atoms. The summed E-state index contributed by atoms with van der Waals surface area (Å²) in [5, 5.41) is 3.21. The quantitative estimate of drug-likeness (QED) is 0.914. The van der Waals surface area contributed by atoms with Gasteiger partial charge in [0.05, 0.1) is 5.56 Å². The first-order chi connectivity index (χ1) is 11.0. The summed E-state index contributed by atoms with van der Waals surface area (Å²) in [4.78, 5) is 14.5. The summed E-state index contributed by atoms with van der Waals surface area (Å²) in [6, 6.07) is 10.5. The monoisotopic (exact) mass is 316 g/mol. The number of hydrogen-bond donors (Lipinski definition) is 1. The molecule has 23 heavy (non-hydrogen) atoms. The molecular weight excluding hydrogens is 298 g/mol. The van der Waals surface area contributed by atoms with Crippen molar-refractivity contribution < 1.29 is 13.6 Å². The molecule has 3 rings (SSSR count). The van der Waals surface area contributed by atoms with Crippen molar-refractivity contribution in [3.63, 3.8) is 0 Å². The van der Waals surface area contributed by atoms with Crippen LogP contribution in [0.1, 0.15) is 42.4 Å². The van der Waals surface area contributed by atoms with E-state index in [1.165, 1.54) is 12.1 Å². The van der Waals surface area contributed by atoms with Crippen LogP contribution in [0.5, 0.6) is 0 Å². The van der Waals surface area contributed by atoms with Gasteiger partial charge < -0.3 is 10.2 Å². The molecule has 0 aromatic heterocycles. The standard InChI is InChI=1S/C18H18F2N2O/c1-3-11(2)22-17(13-9-8-12(19)10-15(13)20)21-16-7-5-4-6-14(16)18(22)23/h4-11,17,21H,3H2,1-2H3/t11-,17+/m0/s1. The Morgan fingerprint density at radius 3 is 2.65 bits per heavy atom. The predicted octanol–water partition coefficient (Wildman–Crippen LogP) is 4.33. The molecule has 1 aliphatic rings. The predicted molar refractivity (Wildman–Crippen MR) is 85.1 cm³/mol. The highest BCUT2D eigenvalue weighted by Crippen LogP contribution is 2.35. The second kappa shape index (κ2) is 5.99. The van der Waals surface area contributed by atoms with Gasteiger partial charge in [0, 0.05) is 23.4 Å². The van der Waals surface area contributed by atoms with Crippen molar-refractivity contribution in [3.8, 4) is 0 Å². The lowest BCUT2D eigenvalue weighted by Crippen LogP contribution is -2.47. The van der Waals surface area contributed by atoms with Gasteiger partial charge in [-0.05, 0) is 37.6 Å². The molecule has 120 valence electrons. The van der Waals surface area contributed by atoms with E-state index in [2.05, 4.69) is 5.32 Å². The highest BCUT2D eigenvalue weighted by Gasteiger charge is 2.36. The van der Waals surface area contributed by atoms with Crippen LogP contribution in [-0.4, -0.2) is 16.8 Å². The van der Waals surface area contributed by atoms with Gasteiger partial charge in [-0.2, -0.15) is 0 Å². The molecule has 1 amide bonds. The van der Waals surface area contributed by atoms with Crippen LogP contribution >= 0.6 is 0 Å². The van der Waals surface area contributed by atoms with Gasteiger partial charge in [-0.1, -0.05) is 19.1 Å². The highest BCUT2D eigenvalue weighted by molar-refractivity contribution is 6.01. The molecule has 2 aromatic rings. The van der Waals surface area contributed by atoms with Crippen molar-refractivity contribution in [2.24, 2.45) is 0 Å². The zero-order chi connectivity index (χ0) is 16.6. The Labute approximate surface area is 133 Å². The zero-order valence-electron chi connectivity index (χ0n) is 13.0. The van der Waals surface area contributed by atoms with Crippen LogP contribution in [0, 0.1) is 11.6 Å². The number of rotatable bonds is 3. The number of nitrogens with one attached hydrogen (secondary N) is 1. The number of halogens is 2. The molecule has 0 unspecified atom stereocenters. The molecule has 0 radical (unpaired) electrons. The summed E-state index contributed by atoms with van der Waals surface area (Å²) < 4.78 is 27.5. The van der Waals surface area contributed by atoms with Crippen LogP contribution in [0.3, 0.4) is 0 Å². The number of hydrogen-bond acceptors (Lipinski definition) is 2. The van der Waals surface area contributed by atoms with Crippen molar-refractivity contribution >= 4 is 11.6 Å². The Hall–Kier alpha value is -2.43. The third-order valence-electron chi connectivity index (χ3n) is 4.29. The van der Waals surface area contributed by atoms with Crippen molar-refractivity contribution in [2.75, 3.05) is 5.32 Å². The molecule has 0 aliphatic carbocycles.